The number of hydrogen-bond acceptors (Lipinski definition) is 6. The molecule has 8 nitrogen and oxygen atoms in total. The van der Waals surface area contributed by atoms with Crippen LogP contribution in [-0.2, 0) is 16.6 Å². The fourth-order valence-electron chi connectivity index (χ4n) is 3.04. The summed E-state index contributed by atoms with van der Waals surface area (Å²) in [7, 11) is -3.61. The van der Waals surface area contributed by atoms with Gasteiger partial charge in [0.2, 0.25) is 21.8 Å². The lowest BCUT2D eigenvalue weighted by atomic mass is 10.2. The van der Waals surface area contributed by atoms with Crippen molar-refractivity contribution in [3.8, 4) is 11.5 Å². The van der Waals surface area contributed by atoms with Crippen LogP contribution in [0.5, 0.6) is 0 Å². The van der Waals surface area contributed by atoms with E-state index >= 15 is 0 Å². The largest absolute Gasteiger partial charge is 0.419 e. The predicted octanol–water partition coefficient (Wildman–Crippen LogP) is 2.49. The fourth-order valence-corrected chi connectivity index (χ4v) is 4.84. The monoisotopic (exact) mass is 464 g/mol. The van der Waals surface area contributed by atoms with Crippen LogP contribution in [-0.4, -0.2) is 40.6 Å². The topological polar surface area (TPSA) is 98.3 Å². The van der Waals surface area contributed by atoms with E-state index in [-0.39, 0.29) is 22.9 Å². The molecular formula is C18H17BrN4O4S. The van der Waals surface area contributed by atoms with Crippen LogP contribution in [0, 0.1) is 0 Å². The Kier molecular flexibility index (Phi) is 5.17. The molecule has 1 aliphatic heterocycles. The van der Waals surface area contributed by atoms with Crippen molar-refractivity contribution in [3.63, 3.8) is 0 Å². The van der Waals surface area contributed by atoms with E-state index in [1.54, 1.807) is 0 Å². The van der Waals surface area contributed by atoms with Gasteiger partial charge in [-0.1, -0.05) is 15.9 Å². The van der Waals surface area contributed by atoms with Gasteiger partial charge in [-0.2, -0.15) is 4.31 Å². The molecule has 0 aliphatic carbocycles. The molecule has 0 saturated carbocycles. The Morgan fingerprint density at radius 2 is 1.75 bits per heavy atom. The second-order valence-corrected chi connectivity index (χ2v) is 9.30. The van der Waals surface area contributed by atoms with Crippen LogP contribution in [0.4, 0.5) is 0 Å². The zero-order valence-electron chi connectivity index (χ0n) is 14.8. The first-order chi connectivity index (χ1) is 13.4. The van der Waals surface area contributed by atoms with Crippen molar-refractivity contribution in [3.05, 3.63) is 63.3 Å². The van der Waals surface area contributed by atoms with E-state index in [1.807, 2.05) is 24.3 Å². The third-order valence-electron chi connectivity index (χ3n) is 4.52. The van der Waals surface area contributed by atoms with E-state index in [0.29, 0.717) is 19.0 Å². The van der Waals surface area contributed by atoms with Crippen molar-refractivity contribution >= 4 is 26.0 Å². The zero-order valence-corrected chi connectivity index (χ0v) is 17.2. The van der Waals surface area contributed by atoms with Crippen molar-refractivity contribution in [2.75, 3.05) is 13.1 Å². The highest BCUT2D eigenvalue weighted by Crippen LogP contribution is 2.22. The fraction of sp³-hybridized carbons (Fsp3) is 0.278. The SMILES string of the molecule is O=c1ccc(S(=O)(=O)N2CCCC2)cn1Cc1nnc(-c2ccc(Br)cc2)o1. The van der Waals surface area contributed by atoms with E-state index < -0.39 is 10.0 Å². The number of nitrogens with zero attached hydrogens (tertiary/aromatic N) is 4. The Balaban J connectivity index is 1.60. The molecule has 0 N–H and O–H groups in total. The molecule has 1 fully saturated rings. The van der Waals surface area contributed by atoms with E-state index in [9.17, 15) is 13.2 Å². The standard InChI is InChI=1S/C18H17BrN4O4S/c19-14-5-3-13(4-6-14)18-21-20-16(27-18)12-22-11-15(7-8-17(22)24)28(25,26)23-9-1-2-10-23/h3-8,11H,1-2,9-10,12H2. The van der Waals surface area contributed by atoms with Crippen LogP contribution in [0.15, 0.2) is 61.2 Å². The minimum atomic E-state index is -3.61. The molecule has 0 unspecified atom stereocenters. The smallest absolute Gasteiger partial charge is 0.251 e. The Morgan fingerprint density at radius 3 is 2.46 bits per heavy atom. The van der Waals surface area contributed by atoms with Gasteiger partial charge in [0.25, 0.3) is 5.56 Å². The molecule has 146 valence electrons. The van der Waals surface area contributed by atoms with Crippen molar-refractivity contribution in [1.82, 2.24) is 19.1 Å². The highest BCUT2D eigenvalue weighted by atomic mass is 79.9. The number of pyridine rings is 1. The third-order valence-corrected chi connectivity index (χ3v) is 6.93. The number of aromatic nitrogens is 3. The molecule has 1 aliphatic rings. The van der Waals surface area contributed by atoms with Crippen molar-refractivity contribution in [2.45, 2.75) is 24.3 Å². The van der Waals surface area contributed by atoms with Gasteiger partial charge >= 0.3 is 0 Å². The highest BCUT2D eigenvalue weighted by molar-refractivity contribution is 9.10. The lowest BCUT2D eigenvalue weighted by Gasteiger charge is -2.16. The predicted molar refractivity (Wildman–Crippen MR) is 105 cm³/mol. The second kappa shape index (κ2) is 7.61. The van der Waals surface area contributed by atoms with Crippen LogP contribution in [0.2, 0.25) is 0 Å². The van der Waals surface area contributed by atoms with Gasteiger partial charge in [0, 0.05) is 35.4 Å². The molecule has 0 bridgehead atoms. The van der Waals surface area contributed by atoms with Crippen LogP contribution >= 0.6 is 15.9 Å². The van der Waals surface area contributed by atoms with Gasteiger partial charge in [0.05, 0.1) is 4.90 Å². The van der Waals surface area contributed by atoms with Gasteiger partial charge in [-0.3, -0.25) is 4.79 Å². The number of rotatable bonds is 5. The average Bonchev–Trinajstić information content (AvgIpc) is 3.36. The quantitative estimate of drug-likeness (QED) is 0.575. The maximum Gasteiger partial charge on any atom is 0.251 e. The summed E-state index contributed by atoms with van der Waals surface area (Å²) in [5.41, 5.74) is 0.406. The van der Waals surface area contributed by atoms with Gasteiger partial charge in [-0.05, 0) is 43.2 Å². The van der Waals surface area contributed by atoms with E-state index in [4.69, 9.17) is 4.42 Å². The molecule has 0 atom stereocenters. The first kappa shape index (κ1) is 19.0. The van der Waals surface area contributed by atoms with E-state index in [0.717, 1.165) is 22.9 Å². The van der Waals surface area contributed by atoms with Gasteiger partial charge in [-0.15, -0.1) is 10.2 Å². The number of sulfonamides is 1. The number of halogens is 1. The van der Waals surface area contributed by atoms with Crippen LogP contribution in [0.3, 0.4) is 0 Å². The summed E-state index contributed by atoms with van der Waals surface area (Å²) < 4.78 is 34.7. The Labute approximate surface area is 170 Å². The lowest BCUT2D eigenvalue weighted by Crippen LogP contribution is -2.29. The summed E-state index contributed by atoms with van der Waals surface area (Å²) in [6.07, 6.45) is 3.03. The van der Waals surface area contributed by atoms with Gasteiger partial charge < -0.3 is 8.98 Å². The second-order valence-electron chi connectivity index (χ2n) is 6.45. The molecule has 10 heteroatoms. The summed E-state index contributed by atoms with van der Waals surface area (Å²) in [5, 5.41) is 7.98. The first-order valence-corrected chi connectivity index (χ1v) is 11.0. The summed E-state index contributed by atoms with van der Waals surface area (Å²) in [6.45, 7) is 0.995. The first-order valence-electron chi connectivity index (χ1n) is 8.72. The van der Waals surface area contributed by atoms with Crippen molar-refractivity contribution in [1.29, 1.82) is 0 Å². The van der Waals surface area contributed by atoms with Crippen LogP contribution in [0.25, 0.3) is 11.5 Å². The Morgan fingerprint density at radius 1 is 1.04 bits per heavy atom. The molecular weight excluding hydrogens is 448 g/mol. The third kappa shape index (κ3) is 3.80. The van der Waals surface area contributed by atoms with Crippen LogP contribution < -0.4 is 5.56 Å². The van der Waals surface area contributed by atoms with Gasteiger partial charge in [0.15, 0.2) is 0 Å². The maximum absolute atomic E-state index is 12.7. The lowest BCUT2D eigenvalue weighted by molar-refractivity contribution is 0.471. The number of benzene rings is 1. The molecule has 0 spiro atoms. The molecule has 3 aromatic rings. The molecule has 1 aromatic carbocycles. The molecule has 0 amide bonds. The molecule has 28 heavy (non-hydrogen) atoms. The Bertz CT molecular complexity index is 1150. The molecule has 1 saturated heterocycles. The van der Waals surface area contributed by atoms with Crippen molar-refractivity contribution in [2.24, 2.45) is 0 Å². The van der Waals surface area contributed by atoms with Gasteiger partial charge in [0.1, 0.15) is 6.54 Å². The van der Waals surface area contributed by atoms with Crippen LogP contribution in [0.1, 0.15) is 18.7 Å². The average molecular weight is 465 g/mol. The van der Waals surface area contributed by atoms with E-state index in [2.05, 4.69) is 26.1 Å². The zero-order chi connectivity index (χ0) is 19.7. The van der Waals surface area contributed by atoms with Crippen molar-refractivity contribution < 1.29 is 12.8 Å². The minimum Gasteiger partial charge on any atom is -0.419 e. The summed E-state index contributed by atoms with van der Waals surface area (Å²) >= 11 is 3.37. The highest BCUT2D eigenvalue weighted by Gasteiger charge is 2.27. The summed E-state index contributed by atoms with van der Waals surface area (Å²) in [5.74, 6) is 0.548. The van der Waals surface area contributed by atoms with E-state index in [1.165, 1.54) is 27.2 Å². The number of hydrogen-bond donors (Lipinski definition) is 0. The molecule has 3 heterocycles. The van der Waals surface area contributed by atoms with Gasteiger partial charge in [-0.25, -0.2) is 8.42 Å². The molecule has 0 radical (unpaired) electrons. The normalized spacial score (nSPS) is 15.2. The summed E-state index contributed by atoms with van der Waals surface area (Å²) in [6, 6.07) is 9.96. The Hall–Kier alpha value is -2.30. The molecule has 4 rings (SSSR count). The summed E-state index contributed by atoms with van der Waals surface area (Å²) in [4.78, 5) is 12.3. The minimum absolute atomic E-state index is 0.00821. The molecule has 2 aromatic heterocycles. The maximum atomic E-state index is 12.7.